The third kappa shape index (κ3) is 3.90. The molecule has 1 atom stereocenters. The van der Waals surface area contributed by atoms with Crippen LogP contribution < -0.4 is 5.32 Å². The Labute approximate surface area is 128 Å². The van der Waals surface area contributed by atoms with Crippen LogP contribution in [0.5, 0.6) is 0 Å². The van der Waals surface area contributed by atoms with Gasteiger partial charge in [-0.15, -0.1) is 0 Å². The second-order valence-corrected chi connectivity index (χ2v) is 5.81. The highest BCUT2D eigenvalue weighted by molar-refractivity contribution is 9.10. The van der Waals surface area contributed by atoms with E-state index in [0.717, 1.165) is 23.0 Å². The van der Waals surface area contributed by atoms with Gasteiger partial charge in [0.15, 0.2) is 0 Å². The zero-order chi connectivity index (χ0) is 14.5. The van der Waals surface area contributed by atoms with Crippen molar-refractivity contribution in [3.05, 3.63) is 69.4 Å². The molecule has 106 valence electrons. The molecule has 0 bridgehead atoms. The first-order valence-corrected chi connectivity index (χ1v) is 7.63. The molecule has 2 aromatic carbocycles. The molecule has 0 radical (unpaired) electrons. The van der Waals surface area contributed by atoms with Crippen molar-refractivity contribution in [1.82, 2.24) is 5.32 Å². The van der Waals surface area contributed by atoms with Gasteiger partial charge in [0, 0.05) is 10.5 Å². The topological polar surface area (TPSA) is 12.0 Å². The van der Waals surface area contributed by atoms with E-state index in [4.69, 9.17) is 0 Å². The summed E-state index contributed by atoms with van der Waals surface area (Å²) in [6.45, 7) is 5.05. The van der Waals surface area contributed by atoms with E-state index >= 15 is 0 Å². The first kappa shape index (κ1) is 15.2. The number of likely N-dealkylation sites (N-methyl/N-ethyl adjacent to an activating group) is 1. The Balaban J connectivity index is 2.24. The van der Waals surface area contributed by atoms with E-state index in [1.807, 2.05) is 6.07 Å². The Kier molecular flexibility index (Phi) is 5.32. The van der Waals surface area contributed by atoms with Gasteiger partial charge < -0.3 is 5.32 Å². The Morgan fingerprint density at radius 3 is 2.65 bits per heavy atom. The molecular formula is C17H19BrFN. The van der Waals surface area contributed by atoms with E-state index in [1.165, 1.54) is 17.2 Å². The second-order valence-electron chi connectivity index (χ2n) is 4.95. The quantitative estimate of drug-likeness (QED) is 0.828. The van der Waals surface area contributed by atoms with Crippen molar-refractivity contribution in [2.24, 2.45) is 0 Å². The molecule has 2 aromatic rings. The monoisotopic (exact) mass is 335 g/mol. The summed E-state index contributed by atoms with van der Waals surface area (Å²) < 4.78 is 14.4. The number of hydrogen-bond donors (Lipinski definition) is 1. The molecule has 0 saturated carbocycles. The third-order valence-electron chi connectivity index (χ3n) is 3.36. The van der Waals surface area contributed by atoms with Crippen LogP contribution in [0.4, 0.5) is 4.39 Å². The highest BCUT2D eigenvalue weighted by Gasteiger charge is 2.12. The molecule has 20 heavy (non-hydrogen) atoms. The largest absolute Gasteiger partial charge is 0.310 e. The summed E-state index contributed by atoms with van der Waals surface area (Å²) in [5.41, 5.74) is 3.46. The molecule has 1 unspecified atom stereocenters. The average Bonchev–Trinajstić information content (AvgIpc) is 2.41. The molecule has 2 rings (SSSR count). The minimum Gasteiger partial charge on any atom is -0.310 e. The summed E-state index contributed by atoms with van der Waals surface area (Å²) in [7, 11) is 0. The van der Waals surface area contributed by atoms with Gasteiger partial charge in [-0.05, 0) is 54.8 Å². The molecule has 0 aliphatic rings. The van der Waals surface area contributed by atoms with Crippen LogP contribution in [0.25, 0.3) is 0 Å². The summed E-state index contributed by atoms with van der Waals surface area (Å²) >= 11 is 3.52. The van der Waals surface area contributed by atoms with Crippen LogP contribution in [0, 0.1) is 12.7 Å². The van der Waals surface area contributed by atoms with Gasteiger partial charge in [-0.2, -0.15) is 0 Å². The zero-order valence-corrected chi connectivity index (χ0v) is 13.4. The highest BCUT2D eigenvalue weighted by atomic mass is 79.9. The van der Waals surface area contributed by atoms with Gasteiger partial charge in [-0.3, -0.25) is 0 Å². The Morgan fingerprint density at radius 1 is 1.20 bits per heavy atom. The molecule has 0 saturated heterocycles. The lowest BCUT2D eigenvalue weighted by atomic mass is 9.97. The molecule has 1 nitrogen and oxygen atoms in total. The molecular weight excluding hydrogens is 317 g/mol. The van der Waals surface area contributed by atoms with Crippen molar-refractivity contribution >= 4 is 15.9 Å². The lowest BCUT2D eigenvalue weighted by molar-refractivity contribution is 0.546. The Bertz CT molecular complexity index is 583. The van der Waals surface area contributed by atoms with Crippen LogP contribution in [0.15, 0.2) is 46.9 Å². The summed E-state index contributed by atoms with van der Waals surface area (Å²) in [6, 6.07) is 13.4. The van der Waals surface area contributed by atoms with Crippen molar-refractivity contribution in [2.45, 2.75) is 26.3 Å². The van der Waals surface area contributed by atoms with Crippen LogP contribution in [-0.4, -0.2) is 6.54 Å². The lowest BCUT2D eigenvalue weighted by Gasteiger charge is -2.19. The summed E-state index contributed by atoms with van der Waals surface area (Å²) in [5, 5.41) is 3.48. The molecule has 0 heterocycles. The van der Waals surface area contributed by atoms with Crippen LogP contribution in [0.3, 0.4) is 0 Å². The van der Waals surface area contributed by atoms with Gasteiger partial charge in [0.1, 0.15) is 5.82 Å². The van der Waals surface area contributed by atoms with Crippen LogP contribution in [-0.2, 0) is 6.42 Å². The predicted octanol–water partition coefficient (Wildman–Crippen LogP) is 4.79. The van der Waals surface area contributed by atoms with Gasteiger partial charge in [0.2, 0.25) is 0 Å². The first-order chi connectivity index (χ1) is 9.60. The van der Waals surface area contributed by atoms with Crippen molar-refractivity contribution in [2.75, 3.05) is 6.54 Å². The molecule has 1 N–H and O–H groups in total. The van der Waals surface area contributed by atoms with E-state index < -0.39 is 0 Å². The smallest absolute Gasteiger partial charge is 0.123 e. The maximum Gasteiger partial charge on any atom is 0.123 e. The lowest BCUT2D eigenvalue weighted by Crippen LogP contribution is -2.23. The number of halogens is 2. The number of rotatable bonds is 5. The van der Waals surface area contributed by atoms with Gasteiger partial charge in [0.25, 0.3) is 0 Å². The standard InChI is InChI=1S/C17H19BrFN/c1-3-20-17(11-13-5-4-6-15(19)10-13)14-7-8-16(18)12(2)9-14/h4-10,17,20H,3,11H2,1-2H3. The molecule has 0 fully saturated rings. The molecule has 0 aliphatic heterocycles. The Hall–Kier alpha value is -1.19. The van der Waals surface area contributed by atoms with Crippen molar-refractivity contribution in [1.29, 1.82) is 0 Å². The fourth-order valence-electron chi connectivity index (χ4n) is 2.34. The molecule has 3 heteroatoms. The predicted molar refractivity (Wildman–Crippen MR) is 85.4 cm³/mol. The SMILES string of the molecule is CCNC(Cc1cccc(F)c1)c1ccc(Br)c(C)c1. The fourth-order valence-corrected chi connectivity index (χ4v) is 2.59. The van der Waals surface area contributed by atoms with Crippen molar-refractivity contribution in [3.63, 3.8) is 0 Å². The fraction of sp³-hybridized carbons (Fsp3) is 0.294. The van der Waals surface area contributed by atoms with Gasteiger partial charge >= 0.3 is 0 Å². The summed E-state index contributed by atoms with van der Waals surface area (Å²) in [5.74, 6) is -0.176. The normalized spacial score (nSPS) is 12.4. The number of nitrogens with one attached hydrogen (secondary N) is 1. The molecule has 0 aliphatic carbocycles. The van der Waals surface area contributed by atoms with E-state index in [-0.39, 0.29) is 11.9 Å². The van der Waals surface area contributed by atoms with Crippen molar-refractivity contribution in [3.8, 4) is 0 Å². The maximum atomic E-state index is 13.3. The van der Waals surface area contributed by atoms with Gasteiger partial charge in [0.05, 0.1) is 0 Å². The average molecular weight is 336 g/mol. The zero-order valence-electron chi connectivity index (χ0n) is 11.8. The maximum absolute atomic E-state index is 13.3. The highest BCUT2D eigenvalue weighted by Crippen LogP contribution is 2.24. The summed E-state index contributed by atoms with van der Waals surface area (Å²) in [4.78, 5) is 0. The molecule has 0 spiro atoms. The number of aryl methyl sites for hydroxylation is 1. The minimum atomic E-state index is -0.176. The van der Waals surface area contributed by atoms with Gasteiger partial charge in [-0.25, -0.2) is 4.39 Å². The second kappa shape index (κ2) is 7.00. The first-order valence-electron chi connectivity index (χ1n) is 6.84. The summed E-state index contributed by atoms with van der Waals surface area (Å²) in [6.07, 6.45) is 0.784. The van der Waals surface area contributed by atoms with E-state index in [2.05, 4.69) is 53.3 Å². The van der Waals surface area contributed by atoms with E-state index in [9.17, 15) is 4.39 Å². The Morgan fingerprint density at radius 2 is 2.00 bits per heavy atom. The van der Waals surface area contributed by atoms with Gasteiger partial charge in [-0.1, -0.05) is 47.1 Å². The van der Waals surface area contributed by atoms with E-state index in [0.29, 0.717) is 0 Å². The van der Waals surface area contributed by atoms with Crippen molar-refractivity contribution < 1.29 is 4.39 Å². The van der Waals surface area contributed by atoms with Crippen LogP contribution >= 0.6 is 15.9 Å². The molecule has 0 amide bonds. The van der Waals surface area contributed by atoms with Crippen LogP contribution in [0.1, 0.15) is 29.7 Å². The van der Waals surface area contributed by atoms with Crippen LogP contribution in [0.2, 0.25) is 0 Å². The number of hydrogen-bond acceptors (Lipinski definition) is 1. The third-order valence-corrected chi connectivity index (χ3v) is 4.25. The van der Waals surface area contributed by atoms with E-state index in [1.54, 1.807) is 12.1 Å². The minimum absolute atomic E-state index is 0.176. The molecule has 0 aromatic heterocycles. The number of benzene rings is 2.